The van der Waals surface area contributed by atoms with E-state index < -0.39 is 10.1 Å². The van der Waals surface area contributed by atoms with Gasteiger partial charge >= 0.3 is 0 Å². The SMILES string of the molecule is CC1(C)CC(Nc2nc(Cl)nc(Nc3cccc(S(=O)(=O)O)c3)n2)CC(C)(C)N1. The highest BCUT2D eigenvalue weighted by Crippen LogP contribution is 2.30. The van der Waals surface area contributed by atoms with Gasteiger partial charge in [-0.1, -0.05) is 6.07 Å². The number of hydrogen-bond acceptors (Lipinski definition) is 8. The molecule has 2 aromatic rings. The second kappa shape index (κ2) is 7.67. The fourth-order valence-electron chi connectivity index (χ4n) is 3.94. The average Bonchev–Trinajstić information content (AvgIpc) is 2.50. The lowest BCUT2D eigenvalue weighted by Crippen LogP contribution is -2.60. The van der Waals surface area contributed by atoms with Crippen LogP contribution in [0.15, 0.2) is 29.2 Å². The number of nitrogens with one attached hydrogen (secondary N) is 3. The Labute approximate surface area is 175 Å². The highest BCUT2D eigenvalue weighted by Gasteiger charge is 2.37. The summed E-state index contributed by atoms with van der Waals surface area (Å²) in [6.07, 6.45) is 1.75. The maximum Gasteiger partial charge on any atom is 0.294 e. The third-order valence-corrected chi connectivity index (χ3v) is 5.54. The second-order valence-electron chi connectivity index (χ2n) is 8.52. The van der Waals surface area contributed by atoms with Crippen LogP contribution in [0.25, 0.3) is 0 Å². The van der Waals surface area contributed by atoms with Crippen LogP contribution in [-0.2, 0) is 10.1 Å². The Hall–Kier alpha value is -2.01. The largest absolute Gasteiger partial charge is 0.351 e. The first-order valence-electron chi connectivity index (χ1n) is 9.13. The van der Waals surface area contributed by atoms with E-state index in [9.17, 15) is 13.0 Å². The standard InChI is InChI=1S/C18H25ClN6O3S/c1-17(2)9-12(10-18(3,4)25-17)21-16-23-14(19)22-15(24-16)20-11-6-5-7-13(8-11)29(26,27)28/h5-8,12,25H,9-10H2,1-4H3,(H,26,27,28)(H2,20,21,22,23,24). The summed E-state index contributed by atoms with van der Waals surface area (Å²) in [6.45, 7) is 8.60. The number of hydrogen-bond donors (Lipinski definition) is 4. The summed E-state index contributed by atoms with van der Waals surface area (Å²) >= 11 is 6.06. The lowest BCUT2D eigenvalue weighted by molar-refractivity contribution is 0.170. The Morgan fingerprint density at radius 2 is 1.72 bits per heavy atom. The van der Waals surface area contributed by atoms with Gasteiger partial charge in [0, 0.05) is 22.8 Å². The predicted octanol–water partition coefficient (Wildman–Crippen LogP) is 3.24. The third-order valence-electron chi connectivity index (χ3n) is 4.52. The minimum Gasteiger partial charge on any atom is -0.351 e. The van der Waals surface area contributed by atoms with E-state index in [1.807, 2.05) is 0 Å². The maximum absolute atomic E-state index is 11.3. The molecule has 0 saturated carbocycles. The van der Waals surface area contributed by atoms with Gasteiger partial charge in [0.1, 0.15) is 0 Å². The van der Waals surface area contributed by atoms with Crippen LogP contribution < -0.4 is 16.0 Å². The molecule has 1 aliphatic rings. The van der Waals surface area contributed by atoms with Crippen molar-refractivity contribution < 1.29 is 13.0 Å². The average molecular weight is 441 g/mol. The zero-order valence-corrected chi connectivity index (χ0v) is 18.3. The van der Waals surface area contributed by atoms with Gasteiger partial charge in [0.25, 0.3) is 10.1 Å². The zero-order chi connectivity index (χ0) is 21.4. The Morgan fingerprint density at radius 3 is 2.34 bits per heavy atom. The topological polar surface area (TPSA) is 129 Å². The fourth-order valence-corrected chi connectivity index (χ4v) is 4.63. The van der Waals surface area contributed by atoms with Crippen LogP contribution in [0.1, 0.15) is 40.5 Å². The molecule has 1 aromatic heterocycles. The summed E-state index contributed by atoms with van der Waals surface area (Å²) in [5.74, 6) is 0.490. The van der Waals surface area contributed by atoms with E-state index in [2.05, 4.69) is 58.6 Å². The van der Waals surface area contributed by atoms with Crippen molar-refractivity contribution in [1.29, 1.82) is 0 Å². The molecule has 0 unspecified atom stereocenters. The van der Waals surface area contributed by atoms with Crippen molar-refractivity contribution >= 4 is 39.3 Å². The summed E-state index contributed by atoms with van der Waals surface area (Å²) in [6, 6.07) is 5.81. The van der Waals surface area contributed by atoms with Gasteiger partial charge in [0.2, 0.25) is 17.2 Å². The van der Waals surface area contributed by atoms with Gasteiger partial charge < -0.3 is 16.0 Å². The first-order valence-corrected chi connectivity index (χ1v) is 11.0. The molecule has 0 atom stereocenters. The Balaban J connectivity index is 1.80. The van der Waals surface area contributed by atoms with Gasteiger partial charge in [0.05, 0.1) is 4.90 Å². The van der Waals surface area contributed by atoms with Gasteiger partial charge in [0.15, 0.2) is 0 Å². The van der Waals surface area contributed by atoms with Crippen LogP contribution in [0.5, 0.6) is 0 Å². The molecular weight excluding hydrogens is 416 g/mol. The summed E-state index contributed by atoms with van der Waals surface area (Å²) in [7, 11) is -4.31. The molecule has 9 nitrogen and oxygen atoms in total. The second-order valence-corrected chi connectivity index (χ2v) is 10.3. The molecule has 158 valence electrons. The van der Waals surface area contributed by atoms with Crippen molar-refractivity contribution in [2.45, 2.75) is 62.6 Å². The molecule has 0 amide bonds. The highest BCUT2D eigenvalue weighted by atomic mass is 35.5. The molecule has 2 heterocycles. The molecule has 11 heteroatoms. The van der Waals surface area contributed by atoms with Crippen LogP contribution in [0, 0.1) is 0 Å². The number of rotatable bonds is 5. The smallest absolute Gasteiger partial charge is 0.294 e. The minimum absolute atomic E-state index is 0.00314. The van der Waals surface area contributed by atoms with E-state index >= 15 is 0 Å². The number of piperidine rings is 1. The van der Waals surface area contributed by atoms with E-state index in [1.54, 1.807) is 6.07 Å². The molecule has 1 fully saturated rings. The number of benzene rings is 1. The van der Waals surface area contributed by atoms with Crippen LogP contribution in [0.4, 0.5) is 17.6 Å². The Bertz CT molecular complexity index is 996. The van der Waals surface area contributed by atoms with Crippen molar-refractivity contribution in [2.24, 2.45) is 0 Å². The highest BCUT2D eigenvalue weighted by molar-refractivity contribution is 7.85. The van der Waals surface area contributed by atoms with E-state index in [-0.39, 0.29) is 33.2 Å². The number of anilines is 3. The maximum atomic E-state index is 11.3. The minimum atomic E-state index is -4.31. The van der Waals surface area contributed by atoms with Gasteiger partial charge in [-0.05, 0) is 70.3 Å². The normalized spacial score (nSPS) is 19.0. The Morgan fingerprint density at radius 1 is 1.10 bits per heavy atom. The van der Waals surface area contributed by atoms with Crippen molar-refractivity contribution in [3.63, 3.8) is 0 Å². The summed E-state index contributed by atoms with van der Waals surface area (Å²) in [4.78, 5) is 12.3. The van der Waals surface area contributed by atoms with Crippen molar-refractivity contribution in [1.82, 2.24) is 20.3 Å². The third kappa shape index (κ3) is 5.99. The Kier molecular flexibility index (Phi) is 5.74. The summed E-state index contributed by atoms with van der Waals surface area (Å²) < 4.78 is 31.8. The molecule has 0 aliphatic carbocycles. The summed E-state index contributed by atoms with van der Waals surface area (Å²) in [5.41, 5.74) is 0.290. The molecule has 29 heavy (non-hydrogen) atoms. The lowest BCUT2D eigenvalue weighted by Gasteiger charge is -2.46. The van der Waals surface area contributed by atoms with Crippen LogP contribution >= 0.6 is 11.6 Å². The summed E-state index contributed by atoms with van der Waals surface area (Å²) in [5, 5.41) is 9.85. The van der Waals surface area contributed by atoms with Crippen molar-refractivity contribution in [3.8, 4) is 0 Å². The van der Waals surface area contributed by atoms with Crippen LogP contribution in [0.2, 0.25) is 5.28 Å². The van der Waals surface area contributed by atoms with Crippen LogP contribution in [-0.4, -0.2) is 45.0 Å². The van der Waals surface area contributed by atoms with E-state index in [0.717, 1.165) is 12.8 Å². The van der Waals surface area contributed by atoms with Gasteiger partial charge in [-0.2, -0.15) is 23.4 Å². The van der Waals surface area contributed by atoms with Gasteiger partial charge in [-0.3, -0.25) is 4.55 Å². The van der Waals surface area contributed by atoms with Crippen molar-refractivity contribution in [2.75, 3.05) is 10.6 Å². The lowest BCUT2D eigenvalue weighted by atomic mass is 9.80. The number of nitrogens with zero attached hydrogens (tertiary/aromatic N) is 3. The molecule has 0 spiro atoms. The predicted molar refractivity (Wildman–Crippen MR) is 112 cm³/mol. The van der Waals surface area contributed by atoms with E-state index in [1.165, 1.54) is 18.2 Å². The van der Waals surface area contributed by atoms with Crippen LogP contribution in [0.3, 0.4) is 0 Å². The molecule has 4 N–H and O–H groups in total. The zero-order valence-electron chi connectivity index (χ0n) is 16.7. The van der Waals surface area contributed by atoms with Crippen molar-refractivity contribution in [3.05, 3.63) is 29.5 Å². The van der Waals surface area contributed by atoms with E-state index in [0.29, 0.717) is 11.6 Å². The molecule has 1 saturated heterocycles. The quantitative estimate of drug-likeness (QED) is 0.517. The first kappa shape index (κ1) is 21.7. The molecule has 0 radical (unpaired) electrons. The van der Waals surface area contributed by atoms with E-state index in [4.69, 9.17) is 11.6 Å². The number of halogens is 1. The monoisotopic (exact) mass is 440 g/mol. The molecule has 1 aromatic carbocycles. The first-order chi connectivity index (χ1) is 13.3. The molecule has 3 rings (SSSR count). The molecular formula is C18H25ClN6O3S. The molecule has 1 aliphatic heterocycles. The fraction of sp³-hybridized carbons (Fsp3) is 0.500. The number of aromatic nitrogens is 3. The van der Waals surface area contributed by atoms with Gasteiger partial charge in [-0.15, -0.1) is 0 Å². The van der Waals surface area contributed by atoms with Gasteiger partial charge in [-0.25, -0.2) is 0 Å². The molecule has 0 bridgehead atoms.